The van der Waals surface area contributed by atoms with Crippen LogP contribution in [0.1, 0.15) is 57.1 Å². The summed E-state index contributed by atoms with van der Waals surface area (Å²) in [5.74, 6) is 0.801. The third-order valence-corrected chi connectivity index (χ3v) is 8.52. The van der Waals surface area contributed by atoms with Crippen LogP contribution in [0.4, 0.5) is 4.79 Å². The number of hydrogen-bond acceptors (Lipinski definition) is 5. The van der Waals surface area contributed by atoms with Gasteiger partial charge in [-0.25, -0.2) is 4.79 Å². The Bertz CT molecular complexity index is 949. The highest BCUT2D eigenvalue weighted by molar-refractivity contribution is 6.07. The van der Waals surface area contributed by atoms with Gasteiger partial charge in [0.15, 0.2) is 0 Å². The molecule has 5 atom stereocenters. The molecule has 1 aromatic rings. The molecule has 5 rings (SSSR count). The highest BCUT2D eigenvalue weighted by Crippen LogP contribution is 2.65. The number of fused-ring (bicyclic) bond motifs is 3. The second-order valence-corrected chi connectivity index (χ2v) is 10.8. The van der Waals surface area contributed by atoms with Gasteiger partial charge in [0.2, 0.25) is 0 Å². The zero-order valence-corrected chi connectivity index (χ0v) is 18.6. The van der Waals surface area contributed by atoms with E-state index in [0.29, 0.717) is 31.1 Å². The summed E-state index contributed by atoms with van der Waals surface area (Å²) in [6, 6.07) is 4.89. The van der Waals surface area contributed by atoms with Gasteiger partial charge < -0.3 is 15.5 Å². The molecule has 3 amide bonds. The number of phenolic OH excluding ortho intramolecular Hbond substituents is 1. The van der Waals surface area contributed by atoms with Crippen LogP contribution in [0.15, 0.2) is 18.2 Å². The molecule has 4 aliphatic rings. The fraction of sp³-hybridized carbons (Fsp3) is 0.667. The van der Waals surface area contributed by atoms with Crippen molar-refractivity contribution in [1.29, 1.82) is 0 Å². The largest absolute Gasteiger partial charge is 0.508 e. The number of likely N-dealkylation sites (tertiary alicyclic amines) is 1. The number of urea groups is 1. The molecule has 168 valence electrons. The van der Waals surface area contributed by atoms with Crippen molar-refractivity contribution < 1.29 is 19.8 Å². The van der Waals surface area contributed by atoms with Gasteiger partial charge >= 0.3 is 6.03 Å². The van der Waals surface area contributed by atoms with Crippen molar-refractivity contribution in [2.75, 3.05) is 13.1 Å². The first-order valence-electron chi connectivity index (χ1n) is 11.5. The van der Waals surface area contributed by atoms with Crippen LogP contribution < -0.4 is 10.6 Å². The Kier molecular flexibility index (Phi) is 4.48. The van der Waals surface area contributed by atoms with E-state index >= 15 is 0 Å². The van der Waals surface area contributed by atoms with Gasteiger partial charge in [0.1, 0.15) is 11.3 Å². The third kappa shape index (κ3) is 2.79. The molecule has 1 spiro atoms. The van der Waals surface area contributed by atoms with Gasteiger partial charge in [-0.1, -0.05) is 19.9 Å². The fourth-order valence-corrected chi connectivity index (χ4v) is 7.12. The van der Waals surface area contributed by atoms with Gasteiger partial charge in [-0.3, -0.25) is 15.0 Å². The zero-order chi connectivity index (χ0) is 22.2. The summed E-state index contributed by atoms with van der Waals surface area (Å²) in [5.41, 5.74) is -0.822. The van der Waals surface area contributed by atoms with E-state index in [2.05, 4.69) is 29.4 Å². The first-order chi connectivity index (χ1) is 14.6. The van der Waals surface area contributed by atoms with Gasteiger partial charge in [0, 0.05) is 18.0 Å². The Labute approximate surface area is 183 Å². The van der Waals surface area contributed by atoms with Crippen molar-refractivity contribution in [2.24, 2.45) is 11.8 Å². The van der Waals surface area contributed by atoms with Crippen molar-refractivity contribution in [1.82, 2.24) is 15.5 Å². The van der Waals surface area contributed by atoms with Crippen molar-refractivity contribution in [3.8, 4) is 5.75 Å². The van der Waals surface area contributed by atoms with E-state index in [-0.39, 0.29) is 17.7 Å². The molecule has 2 aliphatic heterocycles. The SMILES string of the molecule is Cc1ccc(O)cc1C12CC3CN(CCC(C)C)C3C1(O)CCC1(C2)NC(=O)NC1=O. The van der Waals surface area contributed by atoms with Crippen molar-refractivity contribution in [3.63, 3.8) is 0 Å². The van der Waals surface area contributed by atoms with Gasteiger partial charge in [-0.2, -0.15) is 0 Å². The van der Waals surface area contributed by atoms with Crippen molar-refractivity contribution in [2.45, 2.75) is 75.5 Å². The van der Waals surface area contributed by atoms with Crippen LogP contribution in [0.3, 0.4) is 0 Å². The Morgan fingerprint density at radius 3 is 2.71 bits per heavy atom. The Morgan fingerprint density at radius 2 is 2.03 bits per heavy atom. The number of hydrogen-bond donors (Lipinski definition) is 4. The van der Waals surface area contributed by atoms with Crippen LogP contribution in [0.2, 0.25) is 0 Å². The first-order valence-corrected chi connectivity index (χ1v) is 11.5. The Hall–Kier alpha value is -2.12. The average molecular weight is 428 g/mol. The molecule has 2 heterocycles. The Balaban J connectivity index is 1.60. The van der Waals surface area contributed by atoms with E-state index in [1.54, 1.807) is 12.1 Å². The second-order valence-electron chi connectivity index (χ2n) is 10.8. The lowest BCUT2D eigenvalue weighted by Gasteiger charge is -2.57. The molecule has 4 N–H and O–H groups in total. The number of carbonyl (C=O) groups is 2. The molecule has 1 aromatic carbocycles. The lowest BCUT2D eigenvalue weighted by molar-refractivity contribution is -0.148. The number of rotatable bonds is 4. The van der Waals surface area contributed by atoms with Crippen LogP contribution in [0.5, 0.6) is 5.75 Å². The van der Waals surface area contributed by atoms with E-state index in [1.165, 1.54) is 0 Å². The molecule has 0 bridgehead atoms. The minimum Gasteiger partial charge on any atom is -0.508 e. The molecule has 2 saturated carbocycles. The van der Waals surface area contributed by atoms with E-state index in [9.17, 15) is 19.8 Å². The molecule has 2 aliphatic carbocycles. The molecule has 4 fully saturated rings. The molecular formula is C24H33N3O4. The number of nitrogens with one attached hydrogen (secondary N) is 2. The molecule has 0 radical (unpaired) electrons. The van der Waals surface area contributed by atoms with E-state index in [4.69, 9.17) is 0 Å². The number of aryl methyl sites for hydroxylation is 1. The molecule has 7 nitrogen and oxygen atoms in total. The number of nitrogens with zero attached hydrogens (tertiary/aromatic N) is 1. The molecule has 7 heteroatoms. The summed E-state index contributed by atoms with van der Waals surface area (Å²) >= 11 is 0. The predicted molar refractivity (Wildman–Crippen MR) is 116 cm³/mol. The zero-order valence-electron chi connectivity index (χ0n) is 18.6. The number of imide groups is 1. The molecule has 2 saturated heterocycles. The van der Waals surface area contributed by atoms with Crippen LogP contribution >= 0.6 is 0 Å². The van der Waals surface area contributed by atoms with Crippen molar-refractivity contribution in [3.05, 3.63) is 29.3 Å². The standard InChI is InChI=1S/C24H33N3O4/c1-14(2)6-9-27-12-16-11-22(18-10-17(28)5-4-15(18)3)13-23(20(29)25-21(30)26-23)7-8-24(22,31)19(16)27/h4-5,10,14,16,19,28,31H,6-9,11-13H2,1-3H3,(H2,25,26,29,30). The van der Waals surface area contributed by atoms with Crippen LogP contribution in [0, 0.1) is 18.8 Å². The molecule has 31 heavy (non-hydrogen) atoms. The number of benzene rings is 1. The molecule has 5 unspecified atom stereocenters. The van der Waals surface area contributed by atoms with Crippen LogP contribution in [0.25, 0.3) is 0 Å². The van der Waals surface area contributed by atoms with Crippen molar-refractivity contribution >= 4 is 11.9 Å². The average Bonchev–Trinajstić information content (AvgIpc) is 3.05. The summed E-state index contributed by atoms with van der Waals surface area (Å²) in [5, 5.41) is 28.0. The fourth-order valence-electron chi connectivity index (χ4n) is 7.12. The maximum absolute atomic E-state index is 12.9. The van der Waals surface area contributed by atoms with E-state index in [0.717, 1.165) is 37.1 Å². The minimum atomic E-state index is -1.01. The molecular weight excluding hydrogens is 394 g/mol. The third-order valence-electron chi connectivity index (χ3n) is 8.52. The van der Waals surface area contributed by atoms with Gasteiger partial charge in [0.25, 0.3) is 5.91 Å². The van der Waals surface area contributed by atoms with Gasteiger partial charge in [-0.15, -0.1) is 0 Å². The van der Waals surface area contributed by atoms with E-state index < -0.39 is 22.6 Å². The highest BCUT2D eigenvalue weighted by atomic mass is 16.3. The summed E-state index contributed by atoms with van der Waals surface area (Å²) < 4.78 is 0. The quantitative estimate of drug-likeness (QED) is 0.552. The van der Waals surface area contributed by atoms with E-state index in [1.807, 2.05) is 13.0 Å². The number of amides is 3. The number of aliphatic hydroxyl groups is 1. The number of carbonyl (C=O) groups excluding carboxylic acids is 2. The van der Waals surface area contributed by atoms with Gasteiger partial charge in [-0.05, 0) is 80.7 Å². The summed E-state index contributed by atoms with van der Waals surface area (Å²) in [6.07, 6.45) is 3.04. The Morgan fingerprint density at radius 1 is 1.26 bits per heavy atom. The van der Waals surface area contributed by atoms with Crippen LogP contribution in [-0.4, -0.2) is 57.3 Å². The lowest BCUT2D eigenvalue weighted by atomic mass is 9.55. The lowest BCUT2D eigenvalue weighted by Crippen LogP contribution is -2.70. The number of phenols is 1. The minimum absolute atomic E-state index is 0.0468. The first kappa shape index (κ1) is 20.8. The highest BCUT2D eigenvalue weighted by Gasteiger charge is 2.73. The topological polar surface area (TPSA) is 102 Å². The summed E-state index contributed by atoms with van der Waals surface area (Å²) in [6.45, 7) is 8.33. The van der Waals surface area contributed by atoms with Crippen LogP contribution in [-0.2, 0) is 10.2 Å². The summed E-state index contributed by atoms with van der Waals surface area (Å²) in [7, 11) is 0. The smallest absolute Gasteiger partial charge is 0.322 e. The maximum atomic E-state index is 12.9. The molecule has 0 aromatic heterocycles. The summed E-state index contributed by atoms with van der Waals surface area (Å²) in [4.78, 5) is 27.3. The maximum Gasteiger partial charge on any atom is 0.322 e. The van der Waals surface area contributed by atoms with Gasteiger partial charge in [0.05, 0.1) is 5.60 Å². The normalized spacial score (nSPS) is 39.3. The predicted octanol–water partition coefficient (Wildman–Crippen LogP) is 2.18. The second kappa shape index (κ2) is 6.69. The number of aromatic hydroxyl groups is 1. The monoisotopic (exact) mass is 427 g/mol.